The maximum atomic E-state index is 12.7. The van der Waals surface area contributed by atoms with Gasteiger partial charge in [-0.05, 0) is 55.7 Å². The topological polar surface area (TPSA) is 63.6 Å². The van der Waals surface area contributed by atoms with Crippen LogP contribution >= 0.6 is 0 Å². The Balaban J connectivity index is 2.67. The van der Waals surface area contributed by atoms with Crippen molar-refractivity contribution in [3.05, 3.63) is 48.1 Å². The van der Waals surface area contributed by atoms with E-state index in [-0.39, 0.29) is 29.2 Å². The number of ether oxygens (including phenoxy) is 1. The molecule has 0 spiro atoms. The molecule has 1 rings (SSSR count). The summed E-state index contributed by atoms with van der Waals surface area (Å²) >= 11 is 0. The minimum Gasteiger partial charge on any atom is -0.507 e. The van der Waals surface area contributed by atoms with Gasteiger partial charge in [0.05, 0.1) is 12.7 Å². The first kappa shape index (κ1) is 23.7. The highest BCUT2D eigenvalue weighted by Gasteiger charge is 2.26. The van der Waals surface area contributed by atoms with Crippen molar-refractivity contribution in [1.82, 2.24) is 0 Å². The predicted octanol–water partition coefficient (Wildman–Crippen LogP) is 5.90. The van der Waals surface area contributed by atoms with Gasteiger partial charge in [-0.3, -0.25) is 9.59 Å². The molecule has 0 aliphatic heterocycles. The van der Waals surface area contributed by atoms with Crippen LogP contribution in [0.2, 0.25) is 0 Å². The quantitative estimate of drug-likeness (QED) is 0.276. The van der Waals surface area contributed by atoms with Crippen LogP contribution in [0.25, 0.3) is 0 Å². The summed E-state index contributed by atoms with van der Waals surface area (Å²) in [7, 11) is 1.51. The summed E-state index contributed by atoms with van der Waals surface area (Å²) in [6.07, 6.45) is 6.85. The van der Waals surface area contributed by atoms with Crippen molar-refractivity contribution in [3.63, 3.8) is 0 Å². The lowest BCUT2D eigenvalue weighted by Crippen LogP contribution is -2.18. The zero-order valence-corrected chi connectivity index (χ0v) is 17.9. The number of methoxy groups -OCH3 is 1. The van der Waals surface area contributed by atoms with Crippen molar-refractivity contribution in [2.24, 2.45) is 11.3 Å². The molecular formula is C24H34O4. The van der Waals surface area contributed by atoms with Crippen molar-refractivity contribution < 1.29 is 19.4 Å². The highest BCUT2D eigenvalue weighted by Crippen LogP contribution is 2.34. The molecule has 28 heavy (non-hydrogen) atoms. The molecule has 0 heterocycles. The fourth-order valence-electron chi connectivity index (χ4n) is 3.18. The van der Waals surface area contributed by atoms with Crippen molar-refractivity contribution >= 4 is 11.6 Å². The zero-order chi connectivity index (χ0) is 21.3. The van der Waals surface area contributed by atoms with Gasteiger partial charge in [0, 0.05) is 18.9 Å². The number of hydrogen-bond donors (Lipinski definition) is 1. The van der Waals surface area contributed by atoms with Gasteiger partial charge in [-0.15, -0.1) is 6.58 Å². The lowest BCUT2D eigenvalue weighted by molar-refractivity contribution is -0.115. The Bertz CT molecular complexity index is 730. The molecule has 1 aromatic rings. The molecule has 1 aromatic carbocycles. The van der Waals surface area contributed by atoms with Gasteiger partial charge in [-0.2, -0.15) is 0 Å². The van der Waals surface area contributed by atoms with Gasteiger partial charge in [0.15, 0.2) is 11.6 Å². The molecule has 0 aliphatic carbocycles. The van der Waals surface area contributed by atoms with Crippen LogP contribution in [-0.4, -0.2) is 23.8 Å². The first-order valence-corrected chi connectivity index (χ1v) is 9.84. The number of hydrogen-bond acceptors (Lipinski definition) is 4. The number of carbonyl (C=O) groups is 2. The van der Waals surface area contributed by atoms with Crippen LogP contribution in [0.4, 0.5) is 0 Å². The standard InChI is InChI=1S/C24H34O4/c1-7-24(5,12-8-9-18(4)14-19(25)13-17(2)3)16-23(27)21-11-10-20(28-6)15-22(21)26/h7,10-11,14-15,17,26H,1,8-9,12-13,16H2,2-6H3/b18-14-/t24-/m1/s1. The summed E-state index contributed by atoms with van der Waals surface area (Å²) in [5.41, 5.74) is 0.992. The molecule has 0 saturated heterocycles. The molecule has 0 amide bonds. The average molecular weight is 387 g/mol. The number of phenols is 1. The SMILES string of the molecule is C=C[C@](C)(CCC/C(C)=C\C(=O)CC(C)C)CC(=O)c1ccc(OC)cc1O. The van der Waals surface area contributed by atoms with E-state index in [1.54, 1.807) is 18.2 Å². The molecule has 0 aliphatic rings. The van der Waals surface area contributed by atoms with Crippen LogP contribution in [0.15, 0.2) is 42.5 Å². The highest BCUT2D eigenvalue weighted by molar-refractivity contribution is 5.99. The number of carbonyl (C=O) groups excluding carboxylic acids is 2. The Morgan fingerprint density at radius 3 is 2.54 bits per heavy atom. The Kier molecular flexibility index (Phi) is 9.17. The third kappa shape index (κ3) is 7.71. The zero-order valence-electron chi connectivity index (χ0n) is 17.9. The second-order valence-electron chi connectivity index (χ2n) is 8.25. The van der Waals surface area contributed by atoms with Crippen LogP contribution in [-0.2, 0) is 4.79 Å². The van der Waals surface area contributed by atoms with E-state index >= 15 is 0 Å². The fourth-order valence-corrected chi connectivity index (χ4v) is 3.18. The summed E-state index contributed by atoms with van der Waals surface area (Å²) in [5.74, 6) is 0.847. The largest absolute Gasteiger partial charge is 0.507 e. The normalized spacial score (nSPS) is 13.9. The van der Waals surface area contributed by atoms with Gasteiger partial charge in [0.1, 0.15) is 11.5 Å². The lowest BCUT2D eigenvalue weighted by atomic mass is 9.79. The van der Waals surface area contributed by atoms with Gasteiger partial charge in [-0.1, -0.05) is 32.4 Å². The lowest BCUT2D eigenvalue weighted by Gasteiger charge is -2.25. The fraction of sp³-hybridized carbons (Fsp3) is 0.500. The van der Waals surface area contributed by atoms with Crippen LogP contribution in [0, 0.1) is 11.3 Å². The number of phenolic OH excluding ortho intramolecular Hbond substituents is 1. The van der Waals surface area contributed by atoms with Crippen molar-refractivity contribution in [1.29, 1.82) is 0 Å². The maximum absolute atomic E-state index is 12.7. The summed E-state index contributed by atoms with van der Waals surface area (Å²) in [4.78, 5) is 24.6. The van der Waals surface area contributed by atoms with Crippen molar-refractivity contribution in [3.8, 4) is 11.5 Å². The summed E-state index contributed by atoms with van der Waals surface area (Å²) in [5, 5.41) is 10.1. The van der Waals surface area contributed by atoms with Gasteiger partial charge in [0.2, 0.25) is 0 Å². The molecule has 4 nitrogen and oxygen atoms in total. The maximum Gasteiger partial charge on any atom is 0.167 e. The third-order valence-electron chi connectivity index (χ3n) is 4.90. The van der Waals surface area contributed by atoms with Crippen molar-refractivity contribution in [2.45, 2.75) is 59.8 Å². The van der Waals surface area contributed by atoms with E-state index in [2.05, 4.69) is 6.58 Å². The number of ketones is 2. The molecule has 1 N–H and O–H groups in total. The molecule has 0 radical (unpaired) electrons. The number of aromatic hydroxyl groups is 1. The van der Waals surface area contributed by atoms with Gasteiger partial charge in [-0.25, -0.2) is 0 Å². The molecule has 0 saturated carbocycles. The second-order valence-corrected chi connectivity index (χ2v) is 8.25. The number of benzene rings is 1. The minimum absolute atomic E-state index is 0.0711. The molecule has 4 heteroatoms. The summed E-state index contributed by atoms with van der Waals surface area (Å²) in [6.45, 7) is 12.0. The average Bonchev–Trinajstić information content (AvgIpc) is 2.60. The molecule has 0 unspecified atom stereocenters. The van der Waals surface area contributed by atoms with Crippen LogP contribution in [0.1, 0.15) is 70.2 Å². The smallest absolute Gasteiger partial charge is 0.167 e. The van der Waals surface area contributed by atoms with E-state index in [0.29, 0.717) is 23.7 Å². The molecule has 0 fully saturated rings. The molecular weight excluding hydrogens is 352 g/mol. The predicted molar refractivity (Wildman–Crippen MR) is 114 cm³/mol. The van der Waals surface area contributed by atoms with Gasteiger partial charge in [0.25, 0.3) is 0 Å². The summed E-state index contributed by atoms with van der Waals surface area (Å²) in [6, 6.07) is 4.70. The van der Waals surface area contributed by atoms with Crippen LogP contribution in [0.5, 0.6) is 11.5 Å². The molecule has 0 aromatic heterocycles. The number of rotatable bonds is 12. The first-order valence-electron chi connectivity index (χ1n) is 9.84. The van der Waals surface area contributed by atoms with E-state index in [1.165, 1.54) is 13.2 Å². The Labute approximate surface area is 169 Å². The molecule has 0 bridgehead atoms. The van der Waals surface area contributed by atoms with E-state index in [0.717, 1.165) is 24.8 Å². The van der Waals surface area contributed by atoms with Gasteiger partial charge >= 0.3 is 0 Å². The Hall–Kier alpha value is -2.36. The highest BCUT2D eigenvalue weighted by atomic mass is 16.5. The summed E-state index contributed by atoms with van der Waals surface area (Å²) < 4.78 is 5.06. The van der Waals surface area contributed by atoms with Crippen LogP contribution in [0.3, 0.4) is 0 Å². The van der Waals surface area contributed by atoms with E-state index in [4.69, 9.17) is 4.74 Å². The van der Waals surface area contributed by atoms with E-state index in [1.807, 2.05) is 33.8 Å². The minimum atomic E-state index is -0.369. The van der Waals surface area contributed by atoms with Gasteiger partial charge < -0.3 is 9.84 Å². The monoisotopic (exact) mass is 386 g/mol. The Morgan fingerprint density at radius 2 is 2.00 bits per heavy atom. The van der Waals surface area contributed by atoms with E-state index < -0.39 is 0 Å². The number of allylic oxidation sites excluding steroid dienone is 3. The van der Waals surface area contributed by atoms with E-state index in [9.17, 15) is 14.7 Å². The molecule has 154 valence electrons. The van der Waals surface area contributed by atoms with Crippen molar-refractivity contribution in [2.75, 3.05) is 7.11 Å². The van der Waals surface area contributed by atoms with Crippen LogP contribution < -0.4 is 4.74 Å². The second kappa shape index (κ2) is 10.8. The third-order valence-corrected chi connectivity index (χ3v) is 4.90. The Morgan fingerprint density at radius 1 is 1.32 bits per heavy atom. The number of Topliss-reactive ketones (excluding diaryl/α,β-unsaturated/α-hetero) is 1. The molecule has 1 atom stereocenters. The first-order chi connectivity index (χ1) is 13.1.